The van der Waals surface area contributed by atoms with Gasteiger partial charge in [-0.15, -0.1) is 0 Å². The number of benzene rings is 2. The van der Waals surface area contributed by atoms with Crippen LogP contribution in [0.4, 0.5) is 0 Å². The van der Waals surface area contributed by atoms with E-state index in [9.17, 15) is 9.59 Å². The number of aryl methyl sites for hydroxylation is 1. The van der Waals surface area contributed by atoms with E-state index in [0.29, 0.717) is 36.2 Å². The second-order valence-electron chi connectivity index (χ2n) is 8.88. The lowest BCUT2D eigenvalue weighted by Gasteiger charge is -2.37. The van der Waals surface area contributed by atoms with E-state index >= 15 is 0 Å². The third-order valence-corrected chi connectivity index (χ3v) is 6.63. The van der Waals surface area contributed by atoms with Gasteiger partial charge in [-0.1, -0.05) is 12.1 Å². The third-order valence-electron chi connectivity index (χ3n) is 6.63. The van der Waals surface area contributed by atoms with Gasteiger partial charge in [0, 0.05) is 24.7 Å². The Hall–Kier alpha value is -3.42. The van der Waals surface area contributed by atoms with Gasteiger partial charge in [0.1, 0.15) is 23.3 Å². The molecule has 33 heavy (non-hydrogen) atoms. The molecule has 0 saturated carbocycles. The molecule has 1 fully saturated rings. The lowest BCUT2D eigenvalue weighted by molar-refractivity contribution is -0.135. The Bertz CT molecular complexity index is 1140. The highest BCUT2D eigenvalue weighted by Crippen LogP contribution is 2.24. The zero-order valence-corrected chi connectivity index (χ0v) is 18.7. The normalized spacial score (nSPS) is 20.1. The summed E-state index contributed by atoms with van der Waals surface area (Å²) in [5.41, 5.74) is 3.08. The molecule has 3 heterocycles. The van der Waals surface area contributed by atoms with Gasteiger partial charge in [0.2, 0.25) is 5.91 Å². The van der Waals surface area contributed by atoms with Crippen LogP contribution in [0.15, 0.2) is 42.5 Å². The van der Waals surface area contributed by atoms with E-state index in [1.807, 2.05) is 17.0 Å². The van der Waals surface area contributed by atoms with Gasteiger partial charge in [0.25, 0.3) is 5.91 Å². The monoisotopic (exact) mass is 447 g/mol. The first-order valence-corrected chi connectivity index (χ1v) is 11.8. The molecule has 1 aromatic heterocycles. The molecule has 2 aliphatic rings. The molecule has 3 aromatic rings. The van der Waals surface area contributed by atoms with Crippen LogP contribution in [0.25, 0.3) is 11.0 Å². The fourth-order valence-electron chi connectivity index (χ4n) is 4.86. The number of nitrogens with one attached hydrogen (secondary N) is 1. The molecule has 172 valence electrons. The fourth-order valence-corrected chi connectivity index (χ4v) is 4.86. The highest BCUT2D eigenvalue weighted by atomic mass is 16.5. The van der Waals surface area contributed by atoms with E-state index in [2.05, 4.69) is 27.5 Å². The molecular formula is C25H29N5O3. The second kappa shape index (κ2) is 9.60. The maximum absolute atomic E-state index is 13.4. The number of aromatic nitrogens is 3. The number of aromatic amines is 1. The second-order valence-corrected chi connectivity index (χ2v) is 8.88. The van der Waals surface area contributed by atoms with Crippen molar-refractivity contribution >= 4 is 22.8 Å². The van der Waals surface area contributed by atoms with E-state index in [4.69, 9.17) is 4.74 Å². The molecule has 1 atom stereocenters. The summed E-state index contributed by atoms with van der Waals surface area (Å²) in [4.78, 5) is 30.5. The van der Waals surface area contributed by atoms with Crippen LogP contribution in [0, 0.1) is 0 Å². The smallest absolute Gasteiger partial charge is 0.254 e. The Labute approximate surface area is 192 Å². The van der Waals surface area contributed by atoms with E-state index in [0.717, 1.165) is 44.4 Å². The number of piperidine rings is 1. The van der Waals surface area contributed by atoms with Gasteiger partial charge < -0.3 is 14.5 Å². The van der Waals surface area contributed by atoms with E-state index in [-0.39, 0.29) is 24.4 Å². The molecule has 2 bridgehead atoms. The van der Waals surface area contributed by atoms with Gasteiger partial charge in [0.15, 0.2) is 0 Å². The number of carbonyl (C=O) groups excluding carboxylic acids is 2. The van der Waals surface area contributed by atoms with E-state index < -0.39 is 0 Å². The standard InChI is InChI=1S/C25H29N5O3/c31-24-17-29(25(32)19-9-11-22-23(16-19)27-28-26-22)12-4-14-33-21-7-3-5-18(15-21)8-10-20-6-1-2-13-30(20)24/h3,5,7,9,11,15-16,20H,1-2,4,6,8,10,12-14,17H2,(H,26,27,28). The van der Waals surface area contributed by atoms with Crippen molar-refractivity contribution in [3.05, 3.63) is 53.6 Å². The summed E-state index contributed by atoms with van der Waals surface area (Å²) in [6, 6.07) is 13.7. The Kier molecular flexibility index (Phi) is 6.24. The molecular weight excluding hydrogens is 418 g/mol. The predicted octanol–water partition coefficient (Wildman–Crippen LogP) is 3.20. The maximum atomic E-state index is 13.4. The highest BCUT2D eigenvalue weighted by Gasteiger charge is 2.29. The van der Waals surface area contributed by atoms with E-state index in [1.54, 1.807) is 23.1 Å². The molecule has 8 heteroatoms. The van der Waals surface area contributed by atoms with Crippen LogP contribution in [0.3, 0.4) is 0 Å². The van der Waals surface area contributed by atoms with Crippen LogP contribution >= 0.6 is 0 Å². The number of carbonyl (C=O) groups is 2. The largest absolute Gasteiger partial charge is 0.494 e. The van der Waals surface area contributed by atoms with Gasteiger partial charge >= 0.3 is 0 Å². The van der Waals surface area contributed by atoms with Crippen molar-refractivity contribution < 1.29 is 14.3 Å². The molecule has 5 rings (SSSR count). The number of H-pyrrole nitrogens is 1. The molecule has 8 nitrogen and oxygen atoms in total. The van der Waals surface area contributed by atoms with Gasteiger partial charge in [0.05, 0.1) is 6.61 Å². The summed E-state index contributed by atoms with van der Waals surface area (Å²) in [6.07, 6.45) is 5.63. The van der Waals surface area contributed by atoms with Crippen LogP contribution in [-0.4, -0.2) is 69.3 Å². The molecule has 2 aromatic carbocycles. The summed E-state index contributed by atoms with van der Waals surface area (Å²) in [5, 5.41) is 10.7. The van der Waals surface area contributed by atoms with Crippen molar-refractivity contribution in [2.75, 3.05) is 26.2 Å². The highest BCUT2D eigenvalue weighted by molar-refractivity contribution is 5.99. The fraction of sp³-hybridized carbons (Fsp3) is 0.440. The minimum absolute atomic E-state index is 0.0299. The van der Waals surface area contributed by atoms with Gasteiger partial charge in [-0.3, -0.25) is 9.59 Å². The Balaban J connectivity index is 1.40. The molecule has 0 radical (unpaired) electrons. The summed E-state index contributed by atoms with van der Waals surface area (Å²) < 4.78 is 5.95. The van der Waals surface area contributed by atoms with Crippen LogP contribution < -0.4 is 4.74 Å². The number of fused-ring (bicyclic) bond motifs is 4. The summed E-state index contributed by atoms with van der Waals surface area (Å²) >= 11 is 0. The number of rotatable bonds is 1. The van der Waals surface area contributed by atoms with Crippen molar-refractivity contribution in [2.45, 2.75) is 44.6 Å². The van der Waals surface area contributed by atoms with Crippen LogP contribution in [0.1, 0.15) is 48.0 Å². The number of hydrogen-bond acceptors (Lipinski definition) is 5. The zero-order chi connectivity index (χ0) is 22.6. The molecule has 2 aliphatic heterocycles. The quantitative estimate of drug-likeness (QED) is 0.619. The van der Waals surface area contributed by atoms with Crippen molar-refractivity contribution in [2.24, 2.45) is 0 Å². The molecule has 1 unspecified atom stereocenters. The average molecular weight is 448 g/mol. The molecule has 1 saturated heterocycles. The summed E-state index contributed by atoms with van der Waals surface area (Å²) in [5.74, 6) is 0.716. The molecule has 1 N–H and O–H groups in total. The van der Waals surface area contributed by atoms with Crippen molar-refractivity contribution in [3.8, 4) is 5.75 Å². The Morgan fingerprint density at radius 2 is 1.91 bits per heavy atom. The van der Waals surface area contributed by atoms with Crippen LogP contribution in [0.2, 0.25) is 0 Å². The maximum Gasteiger partial charge on any atom is 0.254 e. The minimum atomic E-state index is -0.170. The van der Waals surface area contributed by atoms with Gasteiger partial charge in [-0.2, -0.15) is 15.4 Å². The van der Waals surface area contributed by atoms with Crippen molar-refractivity contribution in [3.63, 3.8) is 0 Å². The number of amides is 2. The number of ether oxygens (including phenoxy) is 1. The number of nitrogens with zero attached hydrogens (tertiary/aromatic N) is 4. The zero-order valence-electron chi connectivity index (χ0n) is 18.7. The summed E-state index contributed by atoms with van der Waals surface area (Å²) in [7, 11) is 0. The predicted molar refractivity (Wildman–Crippen MR) is 124 cm³/mol. The topological polar surface area (TPSA) is 91.4 Å². The lowest BCUT2D eigenvalue weighted by Crippen LogP contribution is -2.49. The minimum Gasteiger partial charge on any atom is -0.494 e. The van der Waals surface area contributed by atoms with Crippen molar-refractivity contribution in [1.82, 2.24) is 25.2 Å². The number of hydrogen-bond donors (Lipinski definition) is 1. The molecule has 0 spiro atoms. The first kappa shape index (κ1) is 21.4. The first-order chi connectivity index (χ1) is 16.2. The van der Waals surface area contributed by atoms with Crippen molar-refractivity contribution in [1.29, 1.82) is 0 Å². The van der Waals surface area contributed by atoms with Crippen LogP contribution in [-0.2, 0) is 11.2 Å². The van der Waals surface area contributed by atoms with E-state index in [1.165, 1.54) is 5.56 Å². The Morgan fingerprint density at radius 1 is 1.00 bits per heavy atom. The van der Waals surface area contributed by atoms with Gasteiger partial charge in [-0.25, -0.2) is 0 Å². The van der Waals surface area contributed by atoms with Gasteiger partial charge in [-0.05, 0) is 74.4 Å². The molecule has 2 amide bonds. The Morgan fingerprint density at radius 3 is 2.85 bits per heavy atom. The summed E-state index contributed by atoms with van der Waals surface area (Å²) in [6.45, 7) is 1.77. The SMILES string of the molecule is O=C(c1ccc2n[nH]nc2c1)N1CCCOc2cccc(c2)CCC2CCCCN2C(=O)C1. The lowest BCUT2D eigenvalue weighted by atomic mass is 9.95. The van der Waals surface area contributed by atoms with Crippen LogP contribution in [0.5, 0.6) is 5.75 Å². The first-order valence-electron chi connectivity index (χ1n) is 11.8. The average Bonchev–Trinajstić information content (AvgIpc) is 3.32. The molecule has 0 aliphatic carbocycles. The third kappa shape index (κ3) is 4.84.